The van der Waals surface area contributed by atoms with Gasteiger partial charge in [0.05, 0.1) is 12.0 Å². The van der Waals surface area contributed by atoms with Crippen LogP contribution in [-0.2, 0) is 4.79 Å². The largest absolute Gasteiger partial charge is 0.494 e. The monoisotopic (exact) mass is 277 g/mol. The molecule has 1 aromatic rings. The molecule has 1 N–H and O–H groups in total. The Morgan fingerprint density at radius 2 is 2.20 bits per heavy atom. The maximum Gasteiger partial charge on any atom is 0.311 e. The molecule has 1 heterocycles. The van der Waals surface area contributed by atoms with Crippen LogP contribution in [0.5, 0.6) is 5.75 Å². The second kappa shape index (κ2) is 5.53. The van der Waals surface area contributed by atoms with E-state index in [2.05, 4.69) is 0 Å². The van der Waals surface area contributed by atoms with Crippen LogP contribution < -0.4 is 4.74 Å². The predicted molar refractivity (Wildman–Crippen MR) is 73.9 cm³/mol. The summed E-state index contributed by atoms with van der Waals surface area (Å²) in [6, 6.07) is 6.99. The van der Waals surface area contributed by atoms with Crippen LogP contribution in [0, 0.1) is 5.41 Å². The molecule has 0 radical (unpaired) electrons. The molecule has 0 bridgehead atoms. The molecule has 1 amide bonds. The maximum atomic E-state index is 12.4. The first-order valence-electron chi connectivity index (χ1n) is 6.72. The Morgan fingerprint density at radius 3 is 2.80 bits per heavy atom. The average Bonchev–Trinajstić information content (AvgIpc) is 2.83. The van der Waals surface area contributed by atoms with Gasteiger partial charge in [-0.05, 0) is 38.5 Å². The summed E-state index contributed by atoms with van der Waals surface area (Å²) in [4.78, 5) is 25.2. The minimum atomic E-state index is -0.851. The van der Waals surface area contributed by atoms with E-state index >= 15 is 0 Å². The fourth-order valence-electron chi connectivity index (χ4n) is 2.38. The van der Waals surface area contributed by atoms with Crippen molar-refractivity contribution in [3.8, 4) is 5.75 Å². The van der Waals surface area contributed by atoms with Gasteiger partial charge in [-0.2, -0.15) is 0 Å². The quantitative estimate of drug-likeness (QED) is 0.914. The molecule has 1 saturated heterocycles. The smallest absolute Gasteiger partial charge is 0.311 e. The number of ether oxygens (including phenoxy) is 1. The number of benzene rings is 1. The van der Waals surface area contributed by atoms with Crippen LogP contribution in [0.4, 0.5) is 0 Å². The van der Waals surface area contributed by atoms with Gasteiger partial charge in [0.25, 0.3) is 5.91 Å². The van der Waals surface area contributed by atoms with Gasteiger partial charge in [-0.15, -0.1) is 0 Å². The van der Waals surface area contributed by atoms with Crippen molar-refractivity contribution in [2.45, 2.75) is 20.3 Å². The number of carboxylic acids is 1. The Labute approximate surface area is 118 Å². The summed E-state index contributed by atoms with van der Waals surface area (Å²) in [5, 5.41) is 9.20. The fraction of sp³-hybridized carbons (Fsp3) is 0.467. The van der Waals surface area contributed by atoms with E-state index in [-0.39, 0.29) is 12.5 Å². The molecule has 0 aromatic heterocycles. The van der Waals surface area contributed by atoms with Crippen molar-refractivity contribution in [1.29, 1.82) is 0 Å². The third-order valence-corrected chi connectivity index (χ3v) is 3.67. The molecule has 5 nitrogen and oxygen atoms in total. The third-order valence-electron chi connectivity index (χ3n) is 3.67. The standard InChI is InChI=1S/C15H19NO4/c1-3-20-12-6-4-5-11(9-12)13(17)16-8-7-15(2,10-16)14(18)19/h4-6,9H,3,7-8,10H2,1-2H3,(H,18,19)/t15-/m1/s1. The normalized spacial score (nSPS) is 21.8. The van der Waals surface area contributed by atoms with E-state index in [1.54, 1.807) is 36.1 Å². The lowest BCUT2D eigenvalue weighted by atomic mass is 9.90. The van der Waals surface area contributed by atoms with Crippen molar-refractivity contribution in [3.63, 3.8) is 0 Å². The van der Waals surface area contributed by atoms with Crippen molar-refractivity contribution in [1.82, 2.24) is 4.90 Å². The van der Waals surface area contributed by atoms with Crippen molar-refractivity contribution in [3.05, 3.63) is 29.8 Å². The number of likely N-dealkylation sites (tertiary alicyclic amines) is 1. The highest BCUT2D eigenvalue weighted by Gasteiger charge is 2.42. The lowest BCUT2D eigenvalue weighted by Gasteiger charge is -2.20. The molecule has 1 fully saturated rings. The summed E-state index contributed by atoms with van der Waals surface area (Å²) in [5.41, 5.74) is -0.307. The van der Waals surface area contributed by atoms with Gasteiger partial charge in [-0.3, -0.25) is 9.59 Å². The van der Waals surface area contributed by atoms with Crippen LogP contribution >= 0.6 is 0 Å². The predicted octanol–water partition coefficient (Wildman–Crippen LogP) is 2.02. The minimum absolute atomic E-state index is 0.142. The van der Waals surface area contributed by atoms with Gasteiger partial charge in [0, 0.05) is 18.7 Å². The summed E-state index contributed by atoms with van der Waals surface area (Å²) in [7, 11) is 0. The minimum Gasteiger partial charge on any atom is -0.494 e. The number of amides is 1. The SMILES string of the molecule is CCOc1cccc(C(=O)N2CC[C@@](C)(C(=O)O)C2)c1. The Bertz CT molecular complexity index is 528. The number of carboxylic acid groups (broad SMARTS) is 1. The van der Waals surface area contributed by atoms with E-state index in [0.29, 0.717) is 30.9 Å². The molecular formula is C15H19NO4. The molecule has 1 aromatic carbocycles. The average molecular weight is 277 g/mol. The summed E-state index contributed by atoms with van der Waals surface area (Å²) >= 11 is 0. The van der Waals surface area contributed by atoms with Crippen molar-refractivity contribution < 1.29 is 19.4 Å². The zero-order valence-corrected chi connectivity index (χ0v) is 11.8. The number of rotatable bonds is 4. The van der Waals surface area contributed by atoms with E-state index in [0.717, 1.165) is 0 Å². The van der Waals surface area contributed by atoms with E-state index in [4.69, 9.17) is 4.74 Å². The van der Waals surface area contributed by atoms with Gasteiger partial charge in [0.15, 0.2) is 0 Å². The Morgan fingerprint density at radius 1 is 1.45 bits per heavy atom. The zero-order chi connectivity index (χ0) is 14.8. The molecule has 5 heteroatoms. The fourth-order valence-corrected chi connectivity index (χ4v) is 2.38. The van der Waals surface area contributed by atoms with E-state index in [1.165, 1.54) is 0 Å². The molecule has 0 aliphatic carbocycles. The Balaban J connectivity index is 2.13. The lowest BCUT2D eigenvalue weighted by molar-refractivity contribution is -0.147. The van der Waals surface area contributed by atoms with Gasteiger partial charge in [-0.1, -0.05) is 6.07 Å². The van der Waals surface area contributed by atoms with Gasteiger partial charge in [-0.25, -0.2) is 0 Å². The van der Waals surface area contributed by atoms with Crippen molar-refractivity contribution >= 4 is 11.9 Å². The van der Waals surface area contributed by atoms with Gasteiger partial charge < -0.3 is 14.7 Å². The van der Waals surface area contributed by atoms with Crippen molar-refractivity contribution in [2.75, 3.05) is 19.7 Å². The highest BCUT2D eigenvalue weighted by molar-refractivity contribution is 5.95. The van der Waals surface area contributed by atoms with Crippen LogP contribution in [0.15, 0.2) is 24.3 Å². The first kappa shape index (κ1) is 14.4. The molecule has 1 aliphatic heterocycles. The van der Waals surface area contributed by atoms with E-state index < -0.39 is 11.4 Å². The molecule has 20 heavy (non-hydrogen) atoms. The number of carbonyl (C=O) groups is 2. The summed E-state index contributed by atoms with van der Waals surface area (Å²) < 4.78 is 5.37. The van der Waals surface area contributed by atoms with Crippen LogP contribution in [0.25, 0.3) is 0 Å². The van der Waals surface area contributed by atoms with Crippen LogP contribution in [0.2, 0.25) is 0 Å². The van der Waals surface area contributed by atoms with E-state index in [1.807, 2.05) is 6.92 Å². The van der Waals surface area contributed by atoms with Crippen LogP contribution in [0.1, 0.15) is 30.6 Å². The van der Waals surface area contributed by atoms with Gasteiger partial charge >= 0.3 is 5.97 Å². The summed E-state index contributed by atoms with van der Waals surface area (Å²) in [5.74, 6) is -0.342. The lowest BCUT2D eigenvalue weighted by Crippen LogP contribution is -2.34. The van der Waals surface area contributed by atoms with Gasteiger partial charge in [0.2, 0.25) is 0 Å². The highest BCUT2D eigenvalue weighted by atomic mass is 16.5. The van der Waals surface area contributed by atoms with Crippen molar-refractivity contribution in [2.24, 2.45) is 5.41 Å². The molecule has 108 valence electrons. The summed E-state index contributed by atoms with van der Waals surface area (Å²) in [6.07, 6.45) is 0.485. The maximum absolute atomic E-state index is 12.4. The number of hydrogen-bond acceptors (Lipinski definition) is 3. The molecule has 0 spiro atoms. The Kier molecular flexibility index (Phi) is 3.97. The summed E-state index contributed by atoms with van der Waals surface area (Å²) in [6.45, 7) is 4.82. The first-order valence-corrected chi connectivity index (χ1v) is 6.72. The van der Waals surface area contributed by atoms with Gasteiger partial charge in [0.1, 0.15) is 5.75 Å². The number of nitrogens with zero attached hydrogens (tertiary/aromatic N) is 1. The molecule has 2 rings (SSSR count). The number of carbonyl (C=O) groups excluding carboxylic acids is 1. The van der Waals surface area contributed by atoms with E-state index in [9.17, 15) is 14.7 Å². The molecule has 1 aliphatic rings. The highest BCUT2D eigenvalue weighted by Crippen LogP contribution is 2.31. The number of hydrogen-bond donors (Lipinski definition) is 1. The molecule has 0 unspecified atom stereocenters. The molecule has 0 saturated carbocycles. The van der Waals surface area contributed by atoms with Crippen LogP contribution in [0.3, 0.4) is 0 Å². The molecule has 1 atom stereocenters. The second-order valence-corrected chi connectivity index (χ2v) is 5.30. The Hall–Kier alpha value is -2.04. The third kappa shape index (κ3) is 2.76. The number of aliphatic carboxylic acids is 1. The topological polar surface area (TPSA) is 66.8 Å². The second-order valence-electron chi connectivity index (χ2n) is 5.30. The molecular weight excluding hydrogens is 258 g/mol. The van der Waals surface area contributed by atoms with Crippen LogP contribution in [-0.4, -0.2) is 41.6 Å². The first-order chi connectivity index (χ1) is 9.46. The zero-order valence-electron chi connectivity index (χ0n) is 11.8.